The van der Waals surface area contributed by atoms with Crippen molar-refractivity contribution in [1.29, 1.82) is 0 Å². The molecule has 0 heterocycles. The Labute approximate surface area is 153 Å². The second kappa shape index (κ2) is 8.38. The third-order valence-corrected chi connectivity index (χ3v) is 3.91. The molecule has 0 aliphatic carbocycles. The maximum Gasteiger partial charge on any atom is 0.339 e. The molecule has 0 bridgehead atoms. The van der Waals surface area contributed by atoms with Crippen LogP contribution in [0.4, 0.5) is 5.69 Å². The smallest absolute Gasteiger partial charge is 0.339 e. The second-order valence-electron chi connectivity index (χ2n) is 5.92. The summed E-state index contributed by atoms with van der Waals surface area (Å²) in [5, 5.41) is 2.72. The van der Waals surface area contributed by atoms with Gasteiger partial charge in [0.1, 0.15) is 11.5 Å². The quantitative estimate of drug-likeness (QED) is 0.801. The van der Waals surface area contributed by atoms with Gasteiger partial charge >= 0.3 is 5.97 Å². The Morgan fingerprint density at radius 3 is 2.31 bits per heavy atom. The molecule has 2 aromatic rings. The Kier molecular flexibility index (Phi) is 6.22. The lowest BCUT2D eigenvalue weighted by Gasteiger charge is -2.16. The van der Waals surface area contributed by atoms with Gasteiger partial charge in [-0.25, -0.2) is 4.79 Å². The van der Waals surface area contributed by atoms with Crippen molar-refractivity contribution in [3.8, 4) is 11.5 Å². The number of aryl methyl sites for hydroxylation is 2. The first kappa shape index (κ1) is 19.3. The van der Waals surface area contributed by atoms with Crippen LogP contribution in [-0.4, -0.2) is 32.2 Å². The maximum absolute atomic E-state index is 12.4. The minimum absolute atomic E-state index is 0.320. The number of carbonyl (C=O) groups excluding carboxylic acids is 2. The Balaban J connectivity index is 2.07. The summed E-state index contributed by atoms with van der Waals surface area (Å²) in [7, 11) is 3.05. The number of nitrogens with one attached hydrogen (secondary N) is 1. The van der Waals surface area contributed by atoms with E-state index < -0.39 is 18.0 Å². The topological polar surface area (TPSA) is 73.9 Å². The summed E-state index contributed by atoms with van der Waals surface area (Å²) in [6, 6.07) is 10.4. The molecular weight excluding hydrogens is 334 g/mol. The zero-order valence-electron chi connectivity index (χ0n) is 15.6. The molecule has 0 aromatic heterocycles. The number of methoxy groups -OCH3 is 2. The van der Waals surface area contributed by atoms with Crippen LogP contribution in [0.3, 0.4) is 0 Å². The van der Waals surface area contributed by atoms with Gasteiger partial charge in [-0.3, -0.25) is 4.79 Å². The lowest BCUT2D eigenvalue weighted by atomic mass is 10.1. The molecule has 2 aromatic carbocycles. The molecule has 1 atom stereocenters. The number of amides is 1. The first-order valence-electron chi connectivity index (χ1n) is 8.16. The normalized spacial score (nSPS) is 11.4. The van der Waals surface area contributed by atoms with E-state index in [9.17, 15) is 9.59 Å². The third-order valence-electron chi connectivity index (χ3n) is 3.91. The van der Waals surface area contributed by atoms with Crippen LogP contribution in [0.25, 0.3) is 0 Å². The molecule has 0 aliphatic rings. The zero-order chi connectivity index (χ0) is 19.3. The molecule has 0 fully saturated rings. The summed E-state index contributed by atoms with van der Waals surface area (Å²) < 4.78 is 15.7. The predicted molar refractivity (Wildman–Crippen MR) is 99.0 cm³/mol. The van der Waals surface area contributed by atoms with Crippen LogP contribution in [0, 0.1) is 13.8 Å². The van der Waals surface area contributed by atoms with E-state index in [0.717, 1.165) is 11.1 Å². The highest BCUT2D eigenvalue weighted by Gasteiger charge is 2.21. The molecule has 0 unspecified atom stereocenters. The number of hydrogen-bond acceptors (Lipinski definition) is 5. The van der Waals surface area contributed by atoms with Crippen molar-refractivity contribution in [2.24, 2.45) is 0 Å². The van der Waals surface area contributed by atoms with Crippen molar-refractivity contribution >= 4 is 17.6 Å². The van der Waals surface area contributed by atoms with E-state index in [4.69, 9.17) is 14.2 Å². The summed E-state index contributed by atoms with van der Waals surface area (Å²) in [5.74, 6) is 0.0790. The van der Waals surface area contributed by atoms with E-state index in [1.54, 1.807) is 30.3 Å². The predicted octanol–water partition coefficient (Wildman–Crippen LogP) is 3.50. The van der Waals surface area contributed by atoms with Crippen LogP contribution < -0.4 is 14.8 Å². The van der Waals surface area contributed by atoms with Crippen molar-refractivity contribution in [2.75, 3.05) is 19.5 Å². The van der Waals surface area contributed by atoms with E-state index in [-0.39, 0.29) is 0 Å². The van der Waals surface area contributed by atoms with Gasteiger partial charge in [0.15, 0.2) is 6.10 Å². The van der Waals surface area contributed by atoms with Crippen molar-refractivity contribution in [1.82, 2.24) is 0 Å². The summed E-state index contributed by atoms with van der Waals surface area (Å²) in [5.41, 5.74) is 2.72. The largest absolute Gasteiger partial charge is 0.496 e. The molecule has 1 N–H and O–H groups in total. The molecule has 0 saturated carbocycles. The van der Waals surface area contributed by atoms with E-state index in [1.165, 1.54) is 21.1 Å². The van der Waals surface area contributed by atoms with Crippen molar-refractivity contribution in [2.45, 2.75) is 26.9 Å². The minimum atomic E-state index is -0.972. The van der Waals surface area contributed by atoms with Gasteiger partial charge in [-0.05, 0) is 56.2 Å². The average Bonchev–Trinajstić information content (AvgIpc) is 2.62. The fourth-order valence-corrected chi connectivity index (χ4v) is 2.38. The first-order valence-corrected chi connectivity index (χ1v) is 8.16. The maximum atomic E-state index is 12.4. The fourth-order valence-electron chi connectivity index (χ4n) is 2.38. The van der Waals surface area contributed by atoms with Gasteiger partial charge in [0.05, 0.1) is 25.5 Å². The van der Waals surface area contributed by atoms with E-state index in [1.807, 2.05) is 19.9 Å². The van der Waals surface area contributed by atoms with Gasteiger partial charge in [-0.2, -0.15) is 0 Å². The molecule has 0 radical (unpaired) electrons. The lowest BCUT2D eigenvalue weighted by molar-refractivity contribution is -0.123. The standard InChI is InChI=1S/C20H23NO5/c1-12-6-9-17(24-4)16(10-12)21-19(22)14(3)26-20(23)15-8-7-13(2)18(11-15)25-5/h6-11,14H,1-5H3,(H,21,22)/t14-/m0/s1. The molecule has 0 aliphatic heterocycles. The number of esters is 1. The zero-order valence-corrected chi connectivity index (χ0v) is 15.6. The second-order valence-corrected chi connectivity index (χ2v) is 5.92. The molecule has 0 spiro atoms. The Bertz CT molecular complexity index is 816. The number of rotatable bonds is 6. The SMILES string of the molecule is COc1cc(C(=O)O[C@@H](C)C(=O)Nc2cc(C)ccc2OC)ccc1C. The van der Waals surface area contributed by atoms with E-state index in [2.05, 4.69) is 5.32 Å². The van der Waals surface area contributed by atoms with Crippen LogP contribution >= 0.6 is 0 Å². The number of hydrogen-bond donors (Lipinski definition) is 1. The molecule has 2 rings (SSSR count). The highest BCUT2D eigenvalue weighted by Crippen LogP contribution is 2.25. The summed E-state index contributed by atoms with van der Waals surface area (Å²) in [4.78, 5) is 24.7. The fraction of sp³-hybridized carbons (Fsp3) is 0.300. The van der Waals surface area contributed by atoms with Crippen LogP contribution in [0.2, 0.25) is 0 Å². The number of ether oxygens (including phenoxy) is 3. The van der Waals surface area contributed by atoms with Gasteiger partial charge in [0.2, 0.25) is 0 Å². The van der Waals surface area contributed by atoms with E-state index in [0.29, 0.717) is 22.7 Å². The molecule has 138 valence electrons. The molecule has 0 saturated heterocycles. The Morgan fingerprint density at radius 2 is 1.65 bits per heavy atom. The summed E-state index contributed by atoms with van der Waals surface area (Å²) in [6.07, 6.45) is -0.972. The Morgan fingerprint density at radius 1 is 0.962 bits per heavy atom. The van der Waals surface area contributed by atoms with Crippen molar-refractivity contribution in [3.63, 3.8) is 0 Å². The van der Waals surface area contributed by atoms with Crippen LogP contribution in [0.5, 0.6) is 11.5 Å². The van der Waals surface area contributed by atoms with Crippen LogP contribution in [0.15, 0.2) is 36.4 Å². The molecule has 6 heteroatoms. The van der Waals surface area contributed by atoms with Crippen LogP contribution in [-0.2, 0) is 9.53 Å². The first-order chi connectivity index (χ1) is 12.3. The third kappa shape index (κ3) is 4.53. The van der Waals surface area contributed by atoms with Crippen molar-refractivity contribution < 1.29 is 23.8 Å². The van der Waals surface area contributed by atoms with Gasteiger partial charge in [-0.1, -0.05) is 12.1 Å². The Hall–Kier alpha value is -3.02. The lowest BCUT2D eigenvalue weighted by Crippen LogP contribution is -2.30. The van der Waals surface area contributed by atoms with Gasteiger partial charge in [0, 0.05) is 0 Å². The number of carbonyl (C=O) groups is 2. The van der Waals surface area contributed by atoms with Crippen molar-refractivity contribution in [3.05, 3.63) is 53.1 Å². The number of anilines is 1. The van der Waals surface area contributed by atoms with Gasteiger partial charge in [0.25, 0.3) is 5.91 Å². The highest BCUT2D eigenvalue weighted by atomic mass is 16.5. The highest BCUT2D eigenvalue weighted by molar-refractivity contribution is 5.98. The minimum Gasteiger partial charge on any atom is -0.496 e. The monoisotopic (exact) mass is 357 g/mol. The molecular formula is C20H23NO5. The molecule has 26 heavy (non-hydrogen) atoms. The average molecular weight is 357 g/mol. The summed E-state index contributed by atoms with van der Waals surface area (Å²) >= 11 is 0. The molecule has 6 nitrogen and oxygen atoms in total. The summed E-state index contributed by atoms with van der Waals surface area (Å²) in [6.45, 7) is 5.30. The van der Waals surface area contributed by atoms with Gasteiger partial charge in [-0.15, -0.1) is 0 Å². The number of benzene rings is 2. The van der Waals surface area contributed by atoms with Gasteiger partial charge < -0.3 is 19.5 Å². The van der Waals surface area contributed by atoms with Crippen LogP contribution in [0.1, 0.15) is 28.4 Å². The molecule has 1 amide bonds. The van der Waals surface area contributed by atoms with E-state index >= 15 is 0 Å².